The summed E-state index contributed by atoms with van der Waals surface area (Å²) < 4.78 is 8.07. The van der Waals surface area contributed by atoms with Crippen molar-refractivity contribution in [3.63, 3.8) is 0 Å². The molecule has 0 aliphatic carbocycles. The first kappa shape index (κ1) is 14.1. The van der Waals surface area contributed by atoms with Crippen molar-refractivity contribution in [3.8, 4) is 0 Å². The van der Waals surface area contributed by atoms with E-state index >= 15 is 0 Å². The second-order valence-corrected chi connectivity index (χ2v) is 6.07. The molecule has 0 atom stereocenters. The Kier molecular flexibility index (Phi) is 4.87. The molecule has 1 heterocycles. The fourth-order valence-electron chi connectivity index (χ4n) is 2.13. The molecule has 2 aromatic rings. The van der Waals surface area contributed by atoms with Crippen molar-refractivity contribution in [1.82, 2.24) is 5.32 Å². The largest absolute Gasteiger partial charge is 0.458 e. The van der Waals surface area contributed by atoms with E-state index < -0.39 is 0 Å². The zero-order valence-corrected chi connectivity index (χ0v) is 13.8. The Morgan fingerprint density at radius 2 is 2.00 bits per heavy atom. The Morgan fingerprint density at radius 1 is 1.22 bits per heavy atom. The number of hydrogen-bond acceptors (Lipinski definition) is 2. The minimum Gasteiger partial charge on any atom is -0.458 e. The van der Waals surface area contributed by atoms with Gasteiger partial charge in [0.2, 0.25) is 0 Å². The maximum atomic E-state index is 5.99. The highest BCUT2D eigenvalue weighted by atomic mass is 79.9. The first-order valence-electron chi connectivity index (χ1n) is 6.27. The minimum atomic E-state index is 0.801. The lowest BCUT2D eigenvalue weighted by Crippen LogP contribution is -2.14. The van der Waals surface area contributed by atoms with Crippen molar-refractivity contribution in [2.24, 2.45) is 0 Å². The molecule has 1 aromatic carbocycles. The van der Waals surface area contributed by atoms with E-state index in [4.69, 9.17) is 4.42 Å². The van der Waals surface area contributed by atoms with Crippen molar-refractivity contribution in [3.05, 3.63) is 32.4 Å². The van der Waals surface area contributed by atoms with Crippen LogP contribution in [0.2, 0.25) is 0 Å². The highest BCUT2D eigenvalue weighted by Crippen LogP contribution is 2.34. The summed E-state index contributed by atoms with van der Waals surface area (Å²) in [5, 5.41) is 4.60. The summed E-state index contributed by atoms with van der Waals surface area (Å²) in [6, 6.07) is 4.15. The molecular weight excluding hydrogens is 358 g/mol. The van der Waals surface area contributed by atoms with Gasteiger partial charge in [-0.15, -0.1) is 0 Å². The third-order valence-electron chi connectivity index (χ3n) is 2.96. The van der Waals surface area contributed by atoms with Crippen LogP contribution in [0.15, 0.2) is 25.5 Å². The highest BCUT2D eigenvalue weighted by Gasteiger charge is 2.15. The molecule has 0 bridgehead atoms. The van der Waals surface area contributed by atoms with Gasteiger partial charge in [0.05, 0.1) is 11.0 Å². The van der Waals surface area contributed by atoms with E-state index in [0.29, 0.717) is 0 Å². The van der Waals surface area contributed by atoms with Gasteiger partial charge in [0.1, 0.15) is 11.3 Å². The molecule has 0 aliphatic rings. The number of fused-ring (bicyclic) bond motifs is 1. The van der Waals surface area contributed by atoms with Crippen molar-refractivity contribution in [2.45, 2.75) is 33.2 Å². The molecular formula is C14H17Br2NO. The lowest BCUT2D eigenvalue weighted by atomic mass is 10.1. The van der Waals surface area contributed by atoms with Crippen LogP contribution in [-0.2, 0) is 13.0 Å². The first-order valence-corrected chi connectivity index (χ1v) is 7.86. The maximum absolute atomic E-state index is 5.99. The summed E-state index contributed by atoms with van der Waals surface area (Å²) in [5.74, 6) is 1.06. The van der Waals surface area contributed by atoms with E-state index in [1.54, 1.807) is 0 Å². The molecule has 0 aliphatic heterocycles. The SMILES string of the molecule is CCCNCc1oc2c(Br)cc(Br)cc2c1CC. The summed E-state index contributed by atoms with van der Waals surface area (Å²) in [7, 11) is 0. The van der Waals surface area contributed by atoms with Crippen LogP contribution < -0.4 is 5.32 Å². The lowest BCUT2D eigenvalue weighted by Gasteiger charge is -2.01. The highest BCUT2D eigenvalue weighted by molar-refractivity contribution is 9.11. The van der Waals surface area contributed by atoms with Gasteiger partial charge in [-0.3, -0.25) is 0 Å². The molecule has 0 saturated carbocycles. The molecule has 0 radical (unpaired) electrons. The van der Waals surface area contributed by atoms with E-state index in [-0.39, 0.29) is 0 Å². The smallest absolute Gasteiger partial charge is 0.148 e. The average Bonchev–Trinajstić information content (AvgIpc) is 2.67. The Hall–Kier alpha value is -0.320. The molecule has 98 valence electrons. The van der Waals surface area contributed by atoms with Gasteiger partial charge in [0, 0.05) is 15.4 Å². The van der Waals surface area contributed by atoms with E-state index in [0.717, 1.165) is 46.2 Å². The van der Waals surface area contributed by atoms with E-state index in [1.165, 1.54) is 10.9 Å². The first-order chi connectivity index (χ1) is 8.67. The fraction of sp³-hybridized carbons (Fsp3) is 0.429. The molecule has 2 nitrogen and oxygen atoms in total. The van der Waals surface area contributed by atoms with Gasteiger partial charge in [-0.2, -0.15) is 0 Å². The molecule has 0 amide bonds. The fourth-order valence-corrected chi connectivity index (χ4v) is 3.44. The third-order valence-corrected chi connectivity index (χ3v) is 4.01. The summed E-state index contributed by atoms with van der Waals surface area (Å²) in [6.07, 6.45) is 2.12. The van der Waals surface area contributed by atoms with Gasteiger partial charge in [0.25, 0.3) is 0 Å². The molecule has 1 aromatic heterocycles. The summed E-state index contributed by atoms with van der Waals surface area (Å²) in [4.78, 5) is 0. The number of benzene rings is 1. The predicted octanol–water partition coefficient (Wildman–Crippen LogP) is 5.02. The van der Waals surface area contributed by atoms with Crippen LogP contribution in [0.3, 0.4) is 0 Å². The standard InChI is InChI=1S/C14H17Br2NO/c1-3-5-17-8-13-10(4-2)11-6-9(15)7-12(16)14(11)18-13/h6-7,17H,3-5,8H2,1-2H3. The van der Waals surface area contributed by atoms with Gasteiger partial charge in [0.15, 0.2) is 0 Å². The lowest BCUT2D eigenvalue weighted by molar-refractivity contribution is 0.507. The van der Waals surface area contributed by atoms with E-state index in [9.17, 15) is 0 Å². The molecule has 0 fully saturated rings. The van der Waals surface area contributed by atoms with Crippen molar-refractivity contribution < 1.29 is 4.42 Å². The van der Waals surface area contributed by atoms with Crippen molar-refractivity contribution in [2.75, 3.05) is 6.54 Å². The molecule has 1 N–H and O–H groups in total. The van der Waals surface area contributed by atoms with Gasteiger partial charge >= 0.3 is 0 Å². The average molecular weight is 375 g/mol. The van der Waals surface area contributed by atoms with Crippen molar-refractivity contribution >= 4 is 42.8 Å². The quantitative estimate of drug-likeness (QED) is 0.743. The van der Waals surface area contributed by atoms with Gasteiger partial charge in [-0.05, 0) is 47.4 Å². The molecule has 18 heavy (non-hydrogen) atoms. The topological polar surface area (TPSA) is 25.2 Å². The Bertz CT molecular complexity index is 548. The normalized spacial score (nSPS) is 11.3. The van der Waals surface area contributed by atoms with Gasteiger partial charge in [-0.1, -0.05) is 29.8 Å². The summed E-state index contributed by atoms with van der Waals surface area (Å²) >= 11 is 7.09. The van der Waals surface area contributed by atoms with Crippen LogP contribution >= 0.6 is 31.9 Å². The van der Waals surface area contributed by atoms with Crippen LogP contribution in [0.25, 0.3) is 11.0 Å². The second kappa shape index (κ2) is 6.22. The summed E-state index contributed by atoms with van der Waals surface area (Å²) in [6.45, 7) is 6.16. The van der Waals surface area contributed by atoms with Crippen molar-refractivity contribution in [1.29, 1.82) is 0 Å². The second-order valence-electron chi connectivity index (χ2n) is 4.30. The maximum Gasteiger partial charge on any atom is 0.148 e. The van der Waals surface area contributed by atoms with Crippen LogP contribution in [0.4, 0.5) is 0 Å². The molecule has 2 rings (SSSR count). The van der Waals surface area contributed by atoms with Crippen LogP contribution in [0.1, 0.15) is 31.6 Å². The summed E-state index contributed by atoms with van der Waals surface area (Å²) in [5.41, 5.74) is 2.25. The number of halogens is 2. The van der Waals surface area contributed by atoms with Crippen LogP contribution in [0, 0.1) is 0 Å². The molecule has 0 spiro atoms. The Morgan fingerprint density at radius 3 is 2.67 bits per heavy atom. The zero-order valence-electron chi connectivity index (χ0n) is 10.6. The number of aryl methyl sites for hydroxylation is 1. The Balaban J connectivity index is 2.44. The zero-order chi connectivity index (χ0) is 13.1. The number of nitrogens with one attached hydrogen (secondary N) is 1. The molecule has 0 saturated heterocycles. The van der Waals surface area contributed by atoms with Gasteiger partial charge < -0.3 is 9.73 Å². The van der Waals surface area contributed by atoms with E-state index in [2.05, 4.69) is 57.1 Å². The van der Waals surface area contributed by atoms with E-state index in [1.807, 2.05) is 6.07 Å². The number of rotatable bonds is 5. The monoisotopic (exact) mass is 373 g/mol. The van der Waals surface area contributed by atoms with Crippen LogP contribution in [0.5, 0.6) is 0 Å². The third kappa shape index (κ3) is 2.81. The van der Waals surface area contributed by atoms with Gasteiger partial charge in [-0.25, -0.2) is 0 Å². The van der Waals surface area contributed by atoms with Crippen LogP contribution in [-0.4, -0.2) is 6.54 Å². The minimum absolute atomic E-state index is 0.801. The predicted molar refractivity (Wildman–Crippen MR) is 83.0 cm³/mol. The Labute approximate surface area is 124 Å². The molecule has 4 heteroatoms. The molecule has 0 unspecified atom stereocenters. The number of furan rings is 1. The number of hydrogen-bond donors (Lipinski definition) is 1.